The van der Waals surface area contributed by atoms with E-state index in [9.17, 15) is 4.79 Å². The zero-order chi connectivity index (χ0) is 13.2. The number of aromatic amines is 1. The van der Waals surface area contributed by atoms with Crippen LogP contribution in [0.4, 0.5) is 0 Å². The van der Waals surface area contributed by atoms with E-state index < -0.39 is 5.76 Å². The molecule has 1 aromatic heterocycles. The number of benzene rings is 1. The minimum Gasteiger partial charge on any atom is -0.408 e. The highest BCUT2D eigenvalue weighted by Gasteiger charge is 2.15. The van der Waals surface area contributed by atoms with Crippen LogP contribution in [-0.2, 0) is 6.54 Å². The fraction of sp³-hybridized carbons (Fsp3) is 0.462. The lowest BCUT2D eigenvalue weighted by Crippen LogP contribution is -2.39. The van der Waals surface area contributed by atoms with Crippen molar-refractivity contribution in [2.24, 2.45) is 0 Å². The Morgan fingerprint density at radius 2 is 2.22 bits per heavy atom. The fourth-order valence-corrected chi connectivity index (χ4v) is 1.82. The molecule has 0 fully saturated rings. The lowest BCUT2D eigenvalue weighted by Gasteiger charge is -2.25. The predicted octanol–water partition coefficient (Wildman–Crippen LogP) is 1.37. The largest absolute Gasteiger partial charge is 0.417 e. The Labute approximate surface area is 105 Å². The van der Waals surface area contributed by atoms with E-state index >= 15 is 0 Å². The second-order valence-corrected chi connectivity index (χ2v) is 5.06. The lowest BCUT2D eigenvalue weighted by molar-refractivity contribution is 0.230. The number of oxazole rings is 1. The quantitative estimate of drug-likeness (QED) is 0.749. The van der Waals surface area contributed by atoms with Gasteiger partial charge in [0.1, 0.15) is 0 Å². The highest BCUT2D eigenvalue weighted by molar-refractivity contribution is 5.72. The highest BCUT2D eigenvalue weighted by atomic mass is 16.4. The van der Waals surface area contributed by atoms with Crippen LogP contribution >= 0.6 is 0 Å². The first-order valence-electron chi connectivity index (χ1n) is 5.98. The third-order valence-electron chi connectivity index (χ3n) is 2.99. The maximum Gasteiger partial charge on any atom is 0.417 e. The van der Waals surface area contributed by atoms with Gasteiger partial charge in [-0.05, 0) is 38.0 Å². The van der Waals surface area contributed by atoms with E-state index in [1.54, 1.807) is 6.07 Å². The Morgan fingerprint density at radius 3 is 2.94 bits per heavy atom. The summed E-state index contributed by atoms with van der Waals surface area (Å²) >= 11 is 0. The van der Waals surface area contributed by atoms with E-state index in [2.05, 4.69) is 10.3 Å². The van der Waals surface area contributed by atoms with Gasteiger partial charge in [0.2, 0.25) is 0 Å². The molecule has 5 heteroatoms. The molecule has 0 bridgehead atoms. The smallest absolute Gasteiger partial charge is 0.408 e. The molecular weight excluding hydrogens is 232 g/mol. The van der Waals surface area contributed by atoms with E-state index in [0.29, 0.717) is 24.1 Å². The molecule has 0 atom stereocenters. The second-order valence-electron chi connectivity index (χ2n) is 5.06. The van der Waals surface area contributed by atoms with Crippen LogP contribution in [0.15, 0.2) is 27.4 Å². The minimum absolute atomic E-state index is 0.118. The summed E-state index contributed by atoms with van der Waals surface area (Å²) in [6.07, 6.45) is 0.692. The summed E-state index contributed by atoms with van der Waals surface area (Å²) in [5, 5.41) is 12.3. The lowest BCUT2D eigenvalue weighted by atomic mass is 10.0. The summed E-state index contributed by atoms with van der Waals surface area (Å²) in [5.74, 6) is -0.435. The first kappa shape index (κ1) is 12.9. The van der Waals surface area contributed by atoms with E-state index in [0.717, 1.165) is 5.56 Å². The van der Waals surface area contributed by atoms with Crippen LogP contribution in [0.25, 0.3) is 11.1 Å². The molecule has 0 aliphatic heterocycles. The van der Waals surface area contributed by atoms with Crippen LogP contribution in [0, 0.1) is 0 Å². The standard InChI is InChI=1S/C13H18N2O3/c1-13(2,5-6-16)14-8-9-3-4-11-10(7-9)15-12(17)18-11/h3-4,7,14,16H,5-6,8H2,1-2H3,(H,15,17). The molecule has 98 valence electrons. The maximum absolute atomic E-state index is 11.0. The normalized spacial score (nSPS) is 12.2. The van der Waals surface area contributed by atoms with Gasteiger partial charge in [-0.15, -0.1) is 0 Å². The van der Waals surface area contributed by atoms with Crippen molar-refractivity contribution in [2.45, 2.75) is 32.4 Å². The molecule has 0 amide bonds. The molecule has 3 N–H and O–H groups in total. The van der Waals surface area contributed by atoms with Crippen LogP contribution in [0.1, 0.15) is 25.8 Å². The van der Waals surface area contributed by atoms with Crippen molar-refractivity contribution in [1.82, 2.24) is 10.3 Å². The number of fused-ring (bicyclic) bond motifs is 1. The molecule has 0 aliphatic carbocycles. The van der Waals surface area contributed by atoms with Crippen LogP contribution in [0.3, 0.4) is 0 Å². The zero-order valence-corrected chi connectivity index (χ0v) is 10.6. The molecule has 5 nitrogen and oxygen atoms in total. The van der Waals surface area contributed by atoms with Gasteiger partial charge in [-0.1, -0.05) is 6.07 Å². The van der Waals surface area contributed by atoms with Crippen LogP contribution in [0.2, 0.25) is 0 Å². The van der Waals surface area contributed by atoms with E-state index in [1.807, 2.05) is 26.0 Å². The van der Waals surface area contributed by atoms with Crippen molar-refractivity contribution in [1.29, 1.82) is 0 Å². The van der Waals surface area contributed by atoms with E-state index in [1.165, 1.54) is 0 Å². The number of H-pyrrole nitrogens is 1. The molecule has 2 rings (SSSR count). The summed E-state index contributed by atoms with van der Waals surface area (Å²) in [4.78, 5) is 13.7. The van der Waals surface area contributed by atoms with Gasteiger partial charge < -0.3 is 14.8 Å². The molecule has 0 aliphatic rings. The number of hydrogen-bond donors (Lipinski definition) is 3. The van der Waals surface area contributed by atoms with E-state index in [-0.39, 0.29) is 12.1 Å². The Bertz CT molecular complexity index is 583. The summed E-state index contributed by atoms with van der Waals surface area (Å²) in [6.45, 7) is 4.92. The van der Waals surface area contributed by atoms with Crippen molar-refractivity contribution in [3.8, 4) is 0 Å². The van der Waals surface area contributed by atoms with Gasteiger partial charge >= 0.3 is 5.76 Å². The summed E-state index contributed by atoms with van der Waals surface area (Å²) < 4.78 is 4.94. The van der Waals surface area contributed by atoms with Gasteiger partial charge in [0.15, 0.2) is 5.58 Å². The monoisotopic (exact) mass is 250 g/mol. The first-order chi connectivity index (χ1) is 8.50. The average molecular weight is 250 g/mol. The van der Waals surface area contributed by atoms with Gasteiger partial charge in [0.05, 0.1) is 5.52 Å². The topological polar surface area (TPSA) is 78.3 Å². The number of aliphatic hydroxyl groups excluding tert-OH is 1. The molecule has 18 heavy (non-hydrogen) atoms. The van der Waals surface area contributed by atoms with Crippen LogP contribution < -0.4 is 11.1 Å². The number of nitrogens with one attached hydrogen (secondary N) is 2. The van der Waals surface area contributed by atoms with Crippen LogP contribution in [0.5, 0.6) is 0 Å². The molecule has 0 saturated carbocycles. The van der Waals surface area contributed by atoms with Crippen molar-refractivity contribution < 1.29 is 9.52 Å². The third-order valence-corrected chi connectivity index (χ3v) is 2.99. The summed E-state index contributed by atoms with van der Waals surface area (Å²) in [7, 11) is 0. The molecule has 0 spiro atoms. The molecule has 0 saturated heterocycles. The van der Waals surface area contributed by atoms with Gasteiger partial charge in [0, 0.05) is 18.7 Å². The Balaban J connectivity index is 2.10. The molecule has 2 aromatic rings. The van der Waals surface area contributed by atoms with Crippen molar-refractivity contribution >= 4 is 11.1 Å². The first-order valence-corrected chi connectivity index (χ1v) is 5.98. The Hall–Kier alpha value is -1.59. The molecule has 0 radical (unpaired) electrons. The zero-order valence-electron chi connectivity index (χ0n) is 10.6. The number of aliphatic hydroxyl groups is 1. The maximum atomic E-state index is 11.0. The number of hydrogen-bond acceptors (Lipinski definition) is 4. The van der Waals surface area contributed by atoms with Gasteiger partial charge in [0.25, 0.3) is 0 Å². The minimum atomic E-state index is -0.435. The van der Waals surface area contributed by atoms with Crippen molar-refractivity contribution in [3.05, 3.63) is 34.3 Å². The summed E-state index contributed by atoms with van der Waals surface area (Å²) in [5.41, 5.74) is 2.22. The third kappa shape index (κ3) is 3.00. The fourth-order valence-electron chi connectivity index (χ4n) is 1.82. The van der Waals surface area contributed by atoms with Crippen LogP contribution in [-0.4, -0.2) is 22.2 Å². The molecule has 1 aromatic carbocycles. The molecule has 0 unspecified atom stereocenters. The van der Waals surface area contributed by atoms with Crippen molar-refractivity contribution in [3.63, 3.8) is 0 Å². The second kappa shape index (κ2) is 4.96. The van der Waals surface area contributed by atoms with Gasteiger partial charge in [-0.2, -0.15) is 0 Å². The Morgan fingerprint density at radius 1 is 1.44 bits per heavy atom. The average Bonchev–Trinajstić information content (AvgIpc) is 2.65. The number of rotatable bonds is 5. The SMILES string of the molecule is CC(C)(CCO)NCc1ccc2oc(=O)[nH]c2c1. The number of aromatic nitrogens is 1. The summed E-state index contributed by atoms with van der Waals surface area (Å²) in [6, 6.07) is 5.59. The highest BCUT2D eigenvalue weighted by Crippen LogP contribution is 2.14. The van der Waals surface area contributed by atoms with Crippen molar-refractivity contribution in [2.75, 3.05) is 6.61 Å². The van der Waals surface area contributed by atoms with E-state index in [4.69, 9.17) is 9.52 Å². The predicted molar refractivity (Wildman–Crippen MR) is 69.5 cm³/mol. The molecule has 1 heterocycles. The molecular formula is C13H18N2O3. The van der Waals surface area contributed by atoms with Gasteiger partial charge in [-0.25, -0.2) is 4.79 Å². The van der Waals surface area contributed by atoms with Gasteiger partial charge in [-0.3, -0.25) is 4.98 Å². The Kier molecular flexibility index (Phi) is 3.54.